The zero-order chi connectivity index (χ0) is 12.7. The van der Waals surface area contributed by atoms with Crippen molar-refractivity contribution in [3.05, 3.63) is 18.1 Å². The number of carbonyl (C=O) groups is 1. The highest BCUT2D eigenvalue weighted by Gasteiger charge is 2.13. The number of nitrogen functional groups attached to an aromatic ring is 1. The van der Waals surface area contributed by atoms with Crippen LogP contribution in [0.4, 0.5) is 5.82 Å². The molecule has 4 N–H and O–H groups in total. The van der Waals surface area contributed by atoms with E-state index in [1.165, 1.54) is 12.4 Å². The summed E-state index contributed by atoms with van der Waals surface area (Å²) >= 11 is 1.70. The summed E-state index contributed by atoms with van der Waals surface area (Å²) < 4.78 is 0. The molecule has 1 unspecified atom stereocenters. The van der Waals surface area contributed by atoms with Gasteiger partial charge < -0.3 is 10.7 Å². The number of nitrogens with zero attached hydrogens (tertiary/aromatic N) is 2. The van der Waals surface area contributed by atoms with Gasteiger partial charge in [-0.15, -0.1) is 0 Å². The third-order valence-electron chi connectivity index (χ3n) is 2.21. The largest absolute Gasteiger partial charge is 0.347 e. The molecular weight excluding hydrogens is 238 g/mol. The van der Waals surface area contributed by atoms with Gasteiger partial charge in [0.05, 0.1) is 12.4 Å². The molecule has 0 aromatic carbocycles. The Kier molecular flexibility index (Phi) is 5.71. The van der Waals surface area contributed by atoms with Gasteiger partial charge in [0, 0.05) is 11.8 Å². The van der Waals surface area contributed by atoms with Gasteiger partial charge in [0.2, 0.25) is 0 Å². The minimum Gasteiger partial charge on any atom is -0.347 e. The van der Waals surface area contributed by atoms with Crippen molar-refractivity contribution in [1.29, 1.82) is 0 Å². The van der Waals surface area contributed by atoms with Crippen LogP contribution in [0, 0.1) is 0 Å². The quantitative estimate of drug-likeness (QED) is 0.510. The second kappa shape index (κ2) is 7.08. The molecule has 17 heavy (non-hydrogen) atoms. The first kappa shape index (κ1) is 13.7. The van der Waals surface area contributed by atoms with Crippen molar-refractivity contribution in [2.75, 3.05) is 17.4 Å². The van der Waals surface area contributed by atoms with Crippen LogP contribution in [0.25, 0.3) is 0 Å². The van der Waals surface area contributed by atoms with E-state index in [0.717, 1.165) is 12.2 Å². The van der Waals surface area contributed by atoms with E-state index >= 15 is 0 Å². The minimum absolute atomic E-state index is 0.147. The van der Waals surface area contributed by atoms with Gasteiger partial charge >= 0.3 is 0 Å². The molecule has 0 bridgehead atoms. The fourth-order valence-electron chi connectivity index (χ4n) is 1.27. The van der Waals surface area contributed by atoms with Crippen LogP contribution < -0.4 is 16.6 Å². The minimum atomic E-state index is -0.226. The summed E-state index contributed by atoms with van der Waals surface area (Å²) in [4.78, 5) is 19.8. The SMILES string of the molecule is CCC(CSC)NC(=O)c1cncc(NN)n1. The summed E-state index contributed by atoms with van der Waals surface area (Å²) in [5.41, 5.74) is 2.62. The number of nitrogens with one attached hydrogen (secondary N) is 2. The Bertz CT molecular complexity index is 373. The third-order valence-corrected chi connectivity index (χ3v) is 2.95. The number of hydrazine groups is 1. The Labute approximate surface area is 105 Å². The molecule has 1 aromatic rings. The van der Waals surface area contributed by atoms with Crippen molar-refractivity contribution < 1.29 is 4.79 Å². The first-order valence-electron chi connectivity index (χ1n) is 5.29. The average Bonchev–Trinajstić information content (AvgIpc) is 2.38. The second-order valence-electron chi connectivity index (χ2n) is 3.47. The lowest BCUT2D eigenvalue weighted by Gasteiger charge is -2.15. The smallest absolute Gasteiger partial charge is 0.271 e. The molecule has 0 saturated heterocycles. The van der Waals surface area contributed by atoms with E-state index in [-0.39, 0.29) is 17.6 Å². The van der Waals surface area contributed by atoms with Crippen LogP contribution in [0.5, 0.6) is 0 Å². The topological polar surface area (TPSA) is 92.9 Å². The summed E-state index contributed by atoms with van der Waals surface area (Å²) in [5.74, 6) is 6.23. The van der Waals surface area contributed by atoms with Gasteiger partial charge in [0.25, 0.3) is 5.91 Å². The van der Waals surface area contributed by atoms with Crippen LogP contribution >= 0.6 is 11.8 Å². The molecule has 1 atom stereocenters. The van der Waals surface area contributed by atoms with E-state index < -0.39 is 0 Å². The fourth-order valence-corrected chi connectivity index (χ4v) is 1.99. The number of hydrogen-bond donors (Lipinski definition) is 3. The molecule has 1 rings (SSSR count). The molecule has 6 nitrogen and oxygen atoms in total. The van der Waals surface area contributed by atoms with Gasteiger partial charge in [0.15, 0.2) is 5.82 Å². The molecule has 94 valence electrons. The van der Waals surface area contributed by atoms with Crippen LogP contribution in [-0.2, 0) is 0 Å². The lowest BCUT2D eigenvalue weighted by atomic mass is 10.2. The zero-order valence-electron chi connectivity index (χ0n) is 9.93. The molecule has 0 fully saturated rings. The van der Waals surface area contributed by atoms with E-state index in [4.69, 9.17) is 5.84 Å². The van der Waals surface area contributed by atoms with Gasteiger partial charge in [-0.1, -0.05) is 6.92 Å². The number of rotatable bonds is 6. The molecule has 1 heterocycles. The van der Waals surface area contributed by atoms with Gasteiger partial charge in [-0.05, 0) is 12.7 Å². The Balaban J connectivity index is 2.68. The number of hydrogen-bond acceptors (Lipinski definition) is 6. The number of aromatic nitrogens is 2. The predicted octanol–water partition coefficient (Wildman–Crippen LogP) is 0.634. The van der Waals surface area contributed by atoms with E-state index in [1.807, 2.05) is 13.2 Å². The number of amides is 1. The van der Waals surface area contributed by atoms with Gasteiger partial charge in [-0.25, -0.2) is 10.8 Å². The highest BCUT2D eigenvalue weighted by molar-refractivity contribution is 7.98. The monoisotopic (exact) mass is 255 g/mol. The Morgan fingerprint density at radius 3 is 2.94 bits per heavy atom. The lowest BCUT2D eigenvalue weighted by Crippen LogP contribution is -2.36. The molecule has 7 heteroatoms. The van der Waals surface area contributed by atoms with Crippen molar-refractivity contribution in [2.45, 2.75) is 19.4 Å². The van der Waals surface area contributed by atoms with Crippen LogP contribution in [0.2, 0.25) is 0 Å². The van der Waals surface area contributed by atoms with Crippen LogP contribution in [0.3, 0.4) is 0 Å². The predicted molar refractivity (Wildman–Crippen MR) is 69.8 cm³/mol. The molecule has 0 radical (unpaired) electrons. The molecule has 1 aromatic heterocycles. The van der Waals surface area contributed by atoms with Crippen LogP contribution in [0.1, 0.15) is 23.8 Å². The average molecular weight is 255 g/mol. The lowest BCUT2D eigenvalue weighted by molar-refractivity contribution is 0.0934. The first-order valence-corrected chi connectivity index (χ1v) is 6.69. The summed E-state index contributed by atoms with van der Waals surface area (Å²) in [7, 11) is 0. The standard InChI is InChI=1S/C10H17N5OS/c1-3-7(6-17-2)13-10(16)8-4-12-5-9(14-8)15-11/h4-5,7H,3,6,11H2,1-2H3,(H,13,16)(H,14,15). The Hall–Kier alpha value is -1.34. The first-order chi connectivity index (χ1) is 8.21. The van der Waals surface area contributed by atoms with Crippen molar-refractivity contribution in [1.82, 2.24) is 15.3 Å². The summed E-state index contributed by atoms with van der Waals surface area (Å²) in [6.45, 7) is 2.03. The van der Waals surface area contributed by atoms with Crippen molar-refractivity contribution in [2.24, 2.45) is 5.84 Å². The maximum absolute atomic E-state index is 11.9. The van der Waals surface area contributed by atoms with Gasteiger partial charge in [-0.3, -0.25) is 9.78 Å². The molecular formula is C10H17N5OS. The highest BCUT2D eigenvalue weighted by atomic mass is 32.2. The van der Waals surface area contributed by atoms with Crippen LogP contribution in [-0.4, -0.2) is 33.9 Å². The zero-order valence-corrected chi connectivity index (χ0v) is 10.8. The van der Waals surface area contributed by atoms with E-state index in [9.17, 15) is 4.79 Å². The summed E-state index contributed by atoms with van der Waals surface area (Å²) in [5, 5.41) is 2.90. The van der Waals surface area contributed by atoms with E-state index in [2.05, 4.69) is 20.7 Å². The van der Waals surface area contributed by atoms with Gasteiger partial charge in [-0.2, -0.15) is 11.8 Å². The summed E-state index contributed by atoms with van der Waals surface area (Å²) in [6, 6.07) is 0.147. The molecule has 0 aliphatic carbocycles. The molecule has 0 aliphatic heterocycles. The second-order valence-corrected chi connectivity index (χ2v) is 4.38. The normalized spacial score (nSPS) is 11.9. The number of carbonyl (C=O) groups excluding carboxylic acids is 1. The maximum Gasteiger partial charge on any atom is 0.271 e. The van der Waals surface area contributed by atoms with Crippen molar-refractivity contribution in [3.8, 4) is 0 Å². The van der Waals surface area contributed by atoms with Crippen molar-refractivity contribution >= 4 is 23.5 Å². The molecule has 0 aliphatic rings. The van der Waals surface area contributed by atoms with Gasteiger partial charge in [0.1, 0.15) is 5.69 Å². The van der Waals surface area contributed by atoms with Crippen molar-refractivity contribution in [3.63, 3.8) is 0 Å². The molecule has 0 spiro atoms. The molecule has 0 saturated carbocycles. The van der Waals surface area contributed by atoms with E-state index in [1.54, 1.807) is 11.8 Å². The van der Waals surface area contributed by atoms with Crippen LogP contribution in [0.15, 0.2) is 12.4 Å². The number of nitrogens with two attached hydrogens (primary N) is 1. The Morgan fingerprint density at radius 1 is 1.59 bits per heavy atom. The highest BCUT2D eigenvalue weighted by Crippen LogP contribution is 2.04. The fraction of sp³-hybridized carbons (Fsp3) is 0.500. The van der Waals surface area contributed by atoms with E-state index in [0.29, 0.717) is 5.82 Å². The maximum atomic E-state index is 11.9. The molecule has 1 amide bonds. The Morgan fingerprint density at radius 2 is 2.35 bits per heavy atom. The third kappa shape index (κ3) is 4.20. The number of thioether (sulfide) groups is 1. The number of anilines is 1. The summed E-state index contributed by atoms with van der Waals surface area (Å²) in [6.07, 6.45) is 5.76.